The number of rotatable bonds is 5. The number of carbonyl (C=O) groups is 1. The van der Waals surface area contributed by atoms with Crippen LogP contribution >= 0.6 is 0 Å². The van der Waals surface area contributed by atoms with Crippen molar-refractivity contribution in [3.8, 4) is 0 Å². The Balaban J connectivity index is 1.39. The van der Waals surface area contributed by atoms with Crippen molar-refractivity contribution in [2.75, 3.05) is 6.54 Å². The summed E-state index contributed by atoms with van der Waals surface area (Å²) in [4.78, 5) is 16.8. The van der Waals surface area contributed by atoms with Crippen LogP contribution in [0.5, 0.6) is 0 Å². The third kappa shape index (κ3) is 3.11. The Kier molecular flexibility index (Phi) is 4.17. The normalized spacial score (nSPS) is 11.0. The number of fused-ring (bicyclic) bond motifs is 2. The molecule has 0 saturated heterocycles. The van der Waals surface area contributed by atoms with Crippen LogP contribution in [0.15, 0.2) is 73.1 Å². The zero-order valence-corrected chi connectivity index (χ0v) is 13.9. The number of nitrogens with one attached hydrogen (secondary N) is 1. The lowest BCUT2D eigenvalue weighted by atomic mass is 10.1. The number of hydrogen-bond donors (Lipinski definition) is 1. The molecule has 2 heterocycles. The topological polar surface area (TPSA) is 46.9 Å². The first-order valence-corrected chi connectivity index (χ1v) is 8.49. The first-order valence-electron chi connectivity index (χ1n) is 8.49. The Labute approximate surface area is 146 Å². The zero-order valence-electron chi connectivity index (χ0n) is 13.9. The fourth-order valence-electron chi connectivity index (χ4n) is 3.17. The summed E-state index contributed by atoms with van der Waals surface area (Å²) in [5.41, 5.74) is 2.61. The maximum absolute atomic E-state index is 12.5. The fourth-order valence-corrected chi connectivity index (χ4v) is 3.17. The van der Waals surface area contributed by atoms with Crippen LogP contribution in [0.1, 0.15) is 16.8 Å². The predicted octanol–water partition coefficient (Wildman–Crippen LogP) is 4.01. The van der Waals surface area contributed by atoms with Crippen molar-refractivity contribution in [3.63, 3.8) is 0 Å². The molecule has 0 spiro atoms. The van der Waals surface area contributed by atoms with Gasteiger partial charge < -0.3 is 9.88 Å². The SMILES string of the molecule is O=C(NCCCn1ccc2ccccc21)c1cccc2cccnc12. The Morgan fingerprint density at radius 2 is 1.80 bits per heavy atom. The van der Waals surface area contributed by atoms with Gasteiger partial charge in [0.25, 0.3) is 5.91 Å². The second kappa shape index (κ2) is 6.77. The van der Waals surface area contributed by atoms with E-state index in [4.69, 9.17) is 0 Å². The van der Waals surface area contributed by atoms with Crippen LogP contribution in [0.25, 0.3) is 21.8 Å². The van der Waals surface area contributed by atoms with Gasteiger partial charge in [-0.3, -0.25) is 9.78 Å². The number of aryl methyl sites for hydroxylation is 1. The van der Waals surface area contributed by atoms with Gasteiger partial charge in [0, 0.05) is 36.4 Å². The van der Waals surface area contributed by atoms with Crippen LogP contribution in [0, 0.1) is 0 Å². The number of benzene rings is 2. The van der Waals surface area contributed by atoms with E-state index in [1.54, 1.807) is 6.20 Å². The number of para-hydroxylation sites is 2. The lowest BCUT2D eigenvalue weighted by Gasteiger charge is -2.09. The van der Waals surface area contributed by atoms with E-state index in [9.17, 15) is 4.79 Å². The zero-order chi connectivity index (χ0) is 17.1. The van der Waals surface area contributed by atoms with Crippen LogP contribution in [0.3, 0.4) is 0 Å². The molecule has 25 heavy (non-hydrogen) atoms. The fraction of sp³-hybridized carbons (Fsp3) is 0.143. The second-order valence-corrected chi connectivity index (χ2v) is 6.06. The lowest BCUT2D eigenvalue weighted by molar-refractivity contribution is 0.0954. The highest BCUT2D eigenvalue weighted by atomic mass is 16.1. The van der Waals surface area contributed by atoms with Gasteiger partial charge in [-0.2, -0.15) is 0 Å². The van der Waals surface area contributed by atoms with Crippen LogP contribution in [0.4, 0.5) is 0 Å². The van der Waals surface area contributed by atoms with Gasteiger partial charge >= 0.3 is 0 Å². The molecule has 0 bridgehead atoms. The minimum absolute atomic E-state index is 0.0679. The van der Waals surface area contributed by atoms with Crippen molar-refractivity contribution in [2.24, 2.45) is 0 Å². The number of pyridine rings is 1. The van der Waals surface area contributed by atoms with Crippen LogP contribution < -0.4 is 5.32 Å². The smallest absolute Gasteiger partial charge is 0.253 e. The van der Waals surface area contributed by atoms with Crippen molar-refractivity contribution in [1.82, 2.24) is 14.9 Å². The van der Waals surface area contributed by atoms with Gasteiger partial charge in [0.2, 0.25) is 0 Å². The predicted molar refractivity (Wildman–Crippen MR) is 101 cm³/mol. The molecule has 1 amide bonds. The molecule has 2 aromatic heterocycles. The minimum atomic E-state index is -0.0679. The van der Waals surface area contributed by atoms with Gasteiger partial charge in [0.15, 0.2) is 0 Å². The van der Waals surface area contributed by atoms with E-state index in [0.717, 1.165) is 23.9 Å². The summed E-state index contributed by atoms with van der Waals surface area (Å²) in [6, 6.07) is 20.0. The van der Waals surface area contributed by atoms with E-state index in [0.29, 0.717) is 12.1 Å². The summed E-state index contributed by atoms with van der Waals surface area (Å²) in [5.74, 6) is -0.0679. The summed E-state index contributed by atoms with van der Waals surface area (Å²) in [6.07, 6.45) is 4.69. The van der Waals surface area contributed by atoms with E-state index < -0.39 is 0 Å². The molecule has 0 saturated carbocycles. The van der Waals surface area contributed by atoms with Crippen LogP contribution in [-0.4, -0.2) is 22.0 Å². The van der Waals surface area contributed by atoms with Crippen molar-refractivity contribution in [2.45, 2.75) is 13.0 Å². The number of carbonyl (C=O) groups excluding carboxylic acids is 1. The molecule has 0 atom stereocenters. The van der Waals surface area contributed by atoms with Crippen LogP contribution in [0.2, 0.25) is 0 Å². The quantitative estimate of drug-likeness (QED) is 0.562. The van der Waals surface area contributed by atoms with Crippen molar-refractivity contribution in [1.29, 1.82) is 0 Å². The van der Waals surface area contributed by atoms with Gasteiger partial charge in [-0.25, -0.2) is 0 Å². The highest BCUT2D eigenvalue weighted by molar-refractivity contribution is 6.05. The molecule has 1 N–H and O–H groups in total. The molecule has 0 aliphatic carbocycles. The monoisotopic (exact) mass is 329 g/mol. The summed E-state index contributed by atoms with van der Waals surface area (Å²) in [5, 5.41) is 5.23. The Morgan fingerprint density at radius 1 is 0.960 bits per heavy atom. The molecule has 4 nitrogen and oxygen atoms in total. The summed E-state index contributed by atoms with van der Waals surface area (Å²) in [6.45, 7) is 1.51. The van der Waals surface area contributed by atoms with Crippen molar-refractivity contribution >= 4 is 27.7 Å². The molecule has 0 aliphatic heterocycles. The first kappa shape index (κ1) is 15.4. The number of amides is 1. The summed E-state index contributed by atoms with van der Waals surface area (Å²) in [7, 11) is 0. The van der Waals surface area contributed by atoms with Gasteiger partial charge in [-0.05, 0) is 36.1 Å². The standard InChI is InChI=1S/C21H19N3O/c25-21(18-9-3-7-17-8-4-12-22-20(17)18)23-13-5-14-24-15-11-16-6-1-2-10-19(16)24/h1-4,6-12,15H,5,13-14H2,(H,23,25). The Morgan fingerprint density at radius 3 is 2.76 bits per heavy atom. The second-order valence-electron chi connectivity index (χ2n) is 6.06. The molecule has 0 radical (unpaired) electrons. The minimum Gasteiger partial charge on any atom is -0.352 e. The van der Waals surface area contributed by atoms with Crippen LogP contribution in [-0.2, 0) is 6.54 Å². The van der Waals surface area contributed by atoms with Gasteiger partial charge in [0.1, 0.15) is 0 Å². The van der Waals surface area contributed by atoms with Crippen molar-refractivity contribution < 1.29 is 4.79 Å². The van der Waals surface area contributed by atoms with E-state index in [1.807, 2.05) is 42.5 Å². The van der Waals surface area contributed by atoms with Gasteiger partial charge in [-0.15, -0.1) is 0 Å². The van der Waals surface area contributed by atoms with E-state index in [2.05, 4.69) is 39.3 Å². The molecule has 0 fully saturated rings. The highest BCUT2D eigenvalue weighted by Crippen LogP contribution is 2.16. The lowest BCUT2D eigenvalue weighted by Crippen LogP contribution is -2.25. The summed E-state index contributed by atoms with van der Waals surface area (Å²) < 4.78 is 2.22. The maximum Gasteiger partial charge on any atom is 0.253 e. The number of hydrogen-bond acceptors (Lipinski definition) is 2. The average Bonchev–Trinajstić information content (AvgIpc) is 3.08. The van der Waals surface area contributed by atoms with E-state index in [1.165, 1.54) is 10.9 Å². The molecule has 4 aromatic rings. The maximum atomic E-state index is 12.5. The number of nitrogens with zero attached hydrogens (tertiary/aromatic N) is 2. The van der Waals surface area contributed by atoms with Gasteiger partial charge in [0.05, 0.1) is 11.1 Å². The molecule has 2 aromatic carbocycles. The highest BCUT2D eigenvalue weighted by Gasteiger charge is 2.10. The molecule has 0 unspecified atom stereocenters. The van der Waals surface area contributed by atoms with E-state index in [-0.39, 0.29) is 5.91 Å². The molecular weight excluding hydrogens is 310 g/mol. The third-order valence-electron chi connectivity index (χ3n) is 4.42. The third-order valence-corrected chi connectivity index (χ3v) is 4.42. The molecule has 0 aliphatic rings. The van der Waals surface area contributed by atoms with Crippen molar-refractivity contribution in [3.05, 3.63) is 78.6 Å². The summed E-state index contributed by atoms with van der Waals surface area (Å²) >= 11 is 0. The van der Waals surface area contributed by atoms with E-state index >= 15 is 0 Å². The Hall–Kier alpha value is -3.14. The molecule has 124 valence electrons. The molecular formula is C21H19N3O. The average molecular weight is 329 g/mol. The largest absolute Gasteiger partial charge is 0.352 e. The van der Waals surface area contributed by atoms with Gasteiger partial charge in [-0.1, -0.05) is 36.4 Å². The molecule has 4 heteroatoms. The molecule has 4 rings (SSSR count). The Bertz CT molecular complexity index is 1030. The number of aromatic nitrogens is 2. The first-order chi connectivity index (χ1) is 12.3.